The first-order valence-corrected chi connectivity index (χ1v) is 12.1. The Morgan fingerprint density at radius 1 is 1.16 bits per heavy atom. The van der Waals surface area contributed by atoms with Crippen LogP contribution in [0.5, 0.6) is 0 Å². The molecule has 1 saturated heterocycles. The van der Waals surface area contributed by atoms with Gasteiger partial charge in [-0.15, -0.1) is 0 Å². The third kappa shape index (κ3) is 3.47. The van der Waals surface area contributed by atoms with Gasteiger partial charge in [0.25, 0.3) is 0 Å². The third-order valence-electron chi connectivity index (χ3n) is 7.83. The summed E-state index contributed by atoms with van der Waals surface area (Å²) in [4.78, 5) is 7.05. The molecule has 164 valence electrons. The van der Waals surface area contributed by atoms with Gasteiger partial charge in [0.15, 0.2) is 0 Å². The van der Waals surface area contributed by atoms with Gasteiger partial charge in [0.05, 0.1) is 34.6 Å². The molecule has 3 aliphatic rings. The van der Waals surface area contributed by atoms with E-state index in [1.54, 1.807) is 11.1 Å². The zero-order valence-corrected chi connectivity index (χ0v) is 18.6. The minimum atomic E-state index is -0.0332. The summed E-state index contributed by atoms with van der Waals surface area (Å²) in [5.74, 6) is 0.566. The summed E-state index contributed by atoms with van der Waals surface area (Å²) >= 11 is 0. The molecule has 6 rings (SSSR count). The van der Waals surface area contributed by atoms with Gasteiger partial charge in [-0.05, 0) is 86.3 Å². The second kappa shape index (κ2) is 7.94. The first-order chi connectivity index (χ1) is 15.7. The van der Waals surface area contributed by atoms with E-state index in [-0.39, 0.29) is 5.60 Å². The summed E-state index contributed by atoms with van der Waals surface area (Å²) in [5, 5.41) is 9.28. The number of imidazole rings is 1. The topological polar surface area (TPSA) is 54.1 Å². The van der Waals surface area contributed by atoms with Crippen LogP contribution in [0.4, 0.5) is 5.69 Å². The maximum atomic E-state index is 9.28. The fourth-order valence-electron chi connectivity index (χ4n) is 6.29. The van der Waals surface area contributed by atoms with Crippen LogP contribution >= 0.6 is 0 Å². The van der Waals surface area contributed by atoms with E-state index < -0.39 is 0 Å². The van der Waals surface area contributed by atoms with E-state index in [0.29, 0.717) is 18.2 Å². The second-order valence-electron chi connectivity index (χ2n) is 9.95. The first-order valence-electron chi connectivity index (χ1n) is 12.1. The first kappa shape index (κ1) is 19.8. The molecule has 5 nitrogen and oxygen atoms in total. The number of nitrogens with zero attached hydrogens (tertiary/aromatic N) is 4. The van der Waals surface area contributed by atoms with Crippen molar-refractivity contribution in [1.82, 2.24) is 9.55 Å². The number of nitriles is 1. The van der Waals surface area contributed by atoms with Gasteiger partial charge in [-0.2, -0.15) is 5.26 Å². The summed E-state index contributed by atoms with van der Waals surface area (Å²) in [6.07, 6.45) is 11.7. The summed E-state index contributed by atoms with van der Waals surface area (Å²) < 4.78 is 8.81. The molecule has 0 bridgehead atoms. The van der Waals surface area contributed by atoms with Crippen LogP contribution in [0.2, 0.25) is 0 Å². The van der Waals surface area contributed by atoms with E-state index in [1.165, 1.54) is 44.2 Å². The lowest BCUT2D eigenvalue weighted by atomic mass is 9.77. The molecule has 2 fully saturated rings. The minimum Gasteiger partial charge on any atom is -0.353 e. The summed E-state index contributed by atoms with van der Waals surface area (Å²) in [5.41, 5.74) is 7.20. The van der Waals surface area contributed by atoms with Crippen LogP contribution in [-0.4, -0.2) is 28.4 Å². The molecule has 0 radical (unpaired) electrons. The smallest absolute Gasteiger partial charge is 0.119 e. The molecule has 1 spiro atoms. The van der Waals surface area contributed by atoms with Crippen LogP contribution in [0.15, 0.2) is 42.7 Å². The van der Waals surface area contributed by atoms with E-state index in [9.17, 15) is 5.26 Å². The maximum Gasteiger partial charge on any atom is 0.119 e. The molecule has 0 amide bonds. The van der Waals surface area contributed by atoms with Crippen LogP contribution in [0.25, 0.3) is 11.0 Å². The Morgan fingerprint density at radius 2 is 2.09 bits per heavy atom. The van der Waals surface area contributed by atoms with Crippen molar-refractivity contribution in [1.29, 1.82) is 5.26 Å². The Kier molecular flexibility index (Phi) is 4.91. The number of benzene rings is 2. The van der Waals surface area contributed by atoms with Crippen LogP contribution in [0, 0.1) is 17.2 Å². The number of aromatic nitrogens is 2. The molecular formula is C27H30N4O. The molecular weight excluding hydrogens is 396 g/mol. The zero-order chi connectivity index (χ0) is 21.5. The lowest BCUT2D eigenvalue weighted by Crippen LogP contribution is -2.40. The summed E-state index contributed by atoms with van der Waals surface area (Å²) in [7, 11) is 0. The Morgan fingerprint density at radius 3 is 3.03 bits per heavy atom. The van der Waals surface area contributed by atoms with Crippen LogP contribution in [0.3, 0.4) is 0 Å². The van der Waals surface area contributed by atoms with Crippen molar-refractivity contribution >= 4 is 16.7 Å². The van der Waals surface area contributed by atoms with Gasteiger partial charge in [0.1, 0.15) is 6.73 Å². The highest BCUT2D eigenvalue weighted by molar-refractivity contribution is 5.77. The van der Waals surface area contributed by atoms with E-state index in [1.807, 2.05) is 24.5 Å². The predicted molar refractivity (Wildman–Crippen MR) is 126 cm³/mol. The van der Waals surface area contributed by atoms with E-state index >= 15 is 0 Å². The molecule has 1 saturated carbocycles. The monoisotopic (exact) mass is 426 g/mol. The van der Waals surface area contributed by atoms with Crippen molar-refractivity contribution < 1.29 is 4.74 Å². The van der Waals surface area contributed by atoms with Crippen molar-refractivity contribution in [3.8, 4) is 6.07 Å². The maximum absolute atomic E-state index is 9.28. The molecule has 1 aromatic heterocycles. The van der Waals surface area contributed by atoms with Crippen molar-refractivity contribution in [2.24, 2.45) is 5.92 Å². The van der Waals surface area contributed by atoms with Gasteiger partial charge in [-0.3, -0.25) is 0 Å². The highest BCUT2D eigenvalue weighted by Gasteiger charge is 2.43. The minimum absolute atomic E-state index is 0.0332. The third-order valence-corrected chi connectivity index (χ3v) is 7.83. The van der Waals surface area contributed by atoms with E-state index in [2.05, 4.69) is 38.7 Å². The number of aryl methyl sites for hydroxylation is 1. The molecule has 2 aromatic carbocycles. The molecule has 2 aliphatic carbocycles. The van der Waals surface area contributed by atoms with Gasteiger partial charge in [0.2, 0.25) is 0 Å². The van der Waals surface area contributed by atoms with E-state index in [0.717, 1.165) is 37.0 Å². The molecule has 2 heterocycles. The molecule has 5 heteroatoms. The van der Waals surface area contributed by atoms with Crippen molar-refractivity contribution in [3.05, 3.63) is 59.4 Å². The Hall–Kier alpha value is -2.84. The molecule has 3 aromatic rings. The average molecular weight is 427 g/mol. The van der Waals surface area contributed by atoms with Crippen molar-refractivity contribution in [3.63, 3.8) is 0 Å². The lowest BCUT2D eigenvalue weighted by Gasteiger charge is -2.37. The van der Waals surface area contributed by atoms with Gasteiger partial charge >= 0.3 is 0 Å². The number of anilines is 1. The van der Waals surface area contributed by atoms with Crippen molar-refractivity contribution in [2.45, 2.75) is 63.5 Å². The van der Waals surface area contributed by atoms with Gasteiger partial charge in [-0.1, -0.05) is 18.6 Å². The van der Waals surface area contributed by atoms with Gasteiger partial charge in [-0.25, -0.2) is 4.98 Å². The fraction of sp³-hybridized carbons (Fsp3) is 0.481. The number of ether oxygens (including phenoxy) is 1. The molecule has 0 N–H and O–H groups in total. The quantitative estimate of drug-likeness (QED) is 0.577. The fourth-order valence-corrected chi connectivity index (χ4v) is 6.29. The predicted octanol–water partition coefficient (Wildman–Crippen LogP) is 5.21. The number of hydrogen-bond donors (Lipinski definition) is 0. The Bertz CT molecular complexity index is 1190. The van der Waals surface area contributed by atoms with Gasteiger partial charge < -0.3 is 14.2 Å². The lowest BCUT2D eigenvalue weighted by molar-refractivity contribution is -0.0349. The SMILES string of the molecule is N#Cc1ccc2ncn(CC3CCCC4(C3)CN(c3cccc5c3CCCC5)CO4)c2c1. The summed E-state index contributed by atoms with van der Waals surface area (Å²) in [6.45, 7) is 2.66. The normalized spacial score (nSPS) is 25.2. The van der Waals surface area contributed by atoms with E-state index in [4.69, 9.17) is 4.74 Å². The number of fused-ring (bicyclic) bond motifs is 2. The Balaban J connectivity index is 1.20. The second-order valence-corrected chi connectivity index (χ2v) is 9.95. The molecule has 2 unspecified atom stereocenters. The molecule has 32 heavy (non-hydrogen) atoms. The Labute approximate surface area is 189 Å². The molecule has 1 aliphatic heterocycles. The average Bonchev–Trinajstić information content (AvgIpc) is 3.42. The largest absolute Gasteiger partial charge is 0.353 e. The molecule has 2 atom stereocenters. The van der Waals surface area contributed by atoms with Crippen LogP contribution < -0.4 is 4.90 Å². The van der Waals surface area contributed by atoms with Gasteiger partial charge in [0, 0.05) is 18.8 Å². The number of rotatable bonds is 3. The standard InChI is InChI=1S/C27H30N4O/c28-15-20-10-11-24-26(13-20)30(18-29-24)16-21-5-4-12-27(14-21)17-31(19-32-27)25-9-3-7-22-6-1-2-8-23(22)25/h3,7,9-11,13,18,21H,1-2,4-6,8,12,14,16-17,19H2. The van der Waals surface area contributed by atoms with Crippen LogP contribution in [-0.2, 0) is 24.1 Å². The van der Waals surface area contributed by atoms with Crippen LogP contribution in [0.1, 0.15) is 55.2 Å². The zero-order valence-electron chi connectivity index (χ0n) is 18.6. The van der Waals surface area contributed by atoms with Crippen molar-refractivity contribution in [2.75, 3.05) is 18.2 Å². The summed E-state index contributed by atoms with van der Waals surface area (Å²) in [6, 6.07) is 14.9. The highest BCUT2D eigenvalue weighted by atomic mass is 16.5. The number of hydrogen-bond acceptors (Lipinski definition) is 4. The highest BCUT2D eigenvalue weighted by Crippen LogP contribution is 2.42.